The van der Waals surface area contributed by atoms with Crippen LogP contribution < -0.4 is 0 Å². The number of carbonyl (C=O) groups is 1. The van der Waals surface area contributed by atoms with Gasteiger partial charge in [-0.3, -0.25) is 0 Å². The Balaban J connectivity index is 2.62. The number of hydrogen-bond acceptors (Lipinski definition) is 5. The SMILES string of the molecule is C=CC(=C)OC(C)(C)C1OCC(CC)(COC(=O)C=C)CO1. The molecule has 1 fully saturated rings. The Morgan fingerprint density at radius 1 is 1.32 bits per heavy atom. The highest BCUT2D eigenvalue weighted by atomic mass is 16.7. The van der Waals surface area contributed by atoms with Crippen molar-refractivity contribution in [2.45, 2.75) is 39.1 Å². The minimum Gasteiger partial charge on any atom is -0.483 e. The van der Waals surface area contributed by atoms with Crippen molar-refractivity contribution in [2.75, 3.05) is 19.8 Å². The zero-order valence-corrected chi connectivity index (χ0v) is 13.7. The van der Waals surface area contributed by atoms with Crippen molar-refractivity contribution < 1.29 is 23.7 Å². The predicted molar refractivity (Wildman–Crippen MR) is 84.1 cm³/mol. The first-order valence-corrected chi connectivity index (χ1v) is 7.31. The molecule has 0 amide bonds. The lowest BCUT2D eigenvalue weighted by Crippen LogP contribution is -2.52. The standard InChI is InChI=1S/C17H26O5/c1-7-13(4)22-16(5,6)15-20-11-17(9-3,12-21-15)10-19-14(18)8-2/h7-8,15H,1-2,4,9-12H2,3,5-6H3. The molecule has 5 nitrogen and oxygen atoms in total. The molecule has 0 aliphatic carbocycles. The van der Waals surface area contributed by atoms with Gasteiger partial charge in [0.25, 0.3) is 0 Å². The monoisotopic (exact) mass is 310 g/mol. The number of esters is 1. The summed E-state index contributed by atoms with van der Waals surface area (Å²) in [6.07, 6.45) is 2.92. The van der Waals surface area contributed by atoms with E-state index in [9.17, 15) is 4.79 Å². The first-order valence-electron chi connectivity index (χ1n) is 7.31. The van der Waals surface area contributed by atoms with Crippen molar-refractivity contribution in [2.24, 2.45) is 5.41 Å². The molecule has 22 heavy (non-hydrogen) atoms. The highest BCUT2D eigenvalue weighted by Gasteiger charge is 2.43. The van der Waals surface area contributed by atoms with Gasteiger partial charge in [-0.25, -0.2) is 4.79 Å². The van der Waals surface area contributed by atoms with Crippen molar-refractivity contribution in [3.05, 3.63) is 37.6 Å². The molecule has 1 saturated heterocycles. The number of carbonyl (C=O) groups excluding carboxylic acids is 1. The summed E-state index contributed by atoms with van der Waals surface area (Å²) in [4.78, 5) is 11.2. The average molecular weight is 310 g/mol. The van der Waals surface area contributed by atoms with Gasteiger partial charge in [-0.1, -0.05) is 26.7 Å². The van der Waals surface area contributed by atoms with Crippen LogP contribution in [0, 0.1) is 5.41 Å². The number of ether oxygens (including phenoxy) is 4. The Kier molecular flexibility index (Phi) is 6.38. The fourth-order valence-corrected chi connectivity index (χ4v) is 2.10. The summed E-state index contributed by atoms with van der Waals surface area (Å²) >= 11 is 0. The minimum absolute atomic E-state index is 0.238. The average Bonchev–Trinajstić information content (AvgIpc) is 2.52. The van der Waals surface area contributed by atoms with Gasteiger partial charge in [-0.15, -0.1) is 0 Å². The molecular weight excluding hydrogens is 284 g/mol. The van der Waals surface area contributed by atoms with Gasteiger partial charge in [0.2, 0.25) is 0 Å². The maximum atomic E-state index is 11.2. The van der Waals surface area contributed by atoms with Crippen LogP contribution in [0.2, 0.25) is 0 Å². The molecular formula is C17H26O5. The second kappa shape index (κ2) is 7.61. The van der Waals surface area contributed by atoms with Crippen molar-refractivity contribution in [1.29, 1.82) is 0 Å². The molecule has 1 heterocycles. The fourth-order valence-electron chi connectivity index (χ4n) is 2.10. The van der Waals surface area contributed by atoms with Crippen LogP contribution in [0.25, 0.3) is 0 Å². The van der Waals surface area contributed by atoms with E-state index in [-0.39, 0.29) is 12.0 Å². The molecule has 1 aliphatic heterocycles. The molecule has 5 heteroatoms. The maximum Gasteiger partial charge on any atom is 0.330 e. The Labute approximate surface area is 132 Å². The van der Waals surface area contributed by atoms with E-state index >= 15 is 0 Å². The molecule has 0 aromatic heterocycles. The lowest BCUT2D eigenvalue weighted by Gasteiger charge is -2.43. The molecule has 0 unspecified atom stereocenters. The van der Waals surface area contributed by atoms with E-state index in [0.29, 0.717) is 19.0 Å². The molecule has 1 rings (SSSR count). The van der Waals surface area contributed by atoms with Gasteiger partial charge in [0.1, 0.15) is 12.4 Å². The van der Waals surface area contributed by atoms with E-state index in [1.54, 1.807) is 0 Å². The highest BCUT2D eigenvalue weighted by molar-refractivity contribution is 5.81. The zero-order valence-electron chi connectivity index (χ0n) is 13.7. The largest absolute Gasteiger partial charge is 0.483 e. The summed E-state index contributed by atoms with van der Waals surface area (Å²) in [7, 11) is 0. The minimum atomic E-state index is -0.692. The van der Waals surface area contributed by atoms with E-state index < -0.39 is 17.9 Å². The van der Waals surface area contributed by atoms with E-state index in [0.717, 1.165) is 12.5 Å². The second-order valence-electron chi connectivity index (χ2n) is 6.00. The van der Waals surface area contributed by atoms with Gasteiger partial charge in [0.15, 0.2) is 11.9 Å². The first-order chi connectivity index (χ1) is 10.3. The van der Waals surface area contributed by atoms with E-state index in [1.165, 1.54) is 6.08 Å². The molecule has 124 valence electrons. The molecule has 0 radical (unpaired) electrons. The fraction of sp³-hybridized carbons (Fsp3) is 0.588. The Morgan fingerprint density at radius 2 is 1.91 bits per heavy atom. The second-order valence-corrected chi connectivity index (χ2v) is 6.00. The molecule has 0 spiro atoms. The van der Waals surface area contributed by atoms with Crippen LogP contribution in [-0.4, -0.2) is 37.7 Å². The molecule has 1 aliphatic rings. The number of allylic oxidation sites excluding steroid dienone is 1. The van der Waals surface area contributed by atoms with Gasteiger partial charge in [-0.2, -0.15) is 0 Å². The van der Waals surface area contributed by atoms with Gasteiger partial charge < -0.3 is 18.9 Å². The molecule has 0 aromatic carbocycles. The number of rotatable bonds is 8. The normalized spacial score (nSPS) is 25.1. The summed E-state index contributed by atoms with van der Waals surface area (Å²) in [5, 5.41) is 0. The van der Waals surface area contributed by atoms with E-state index in [4.69, 9.17) is 18.9 Å². The van der Waals surface area contributed by atoms with Crippen molar-refractivity contribution in [1.82, 2.24) is 0 Å². The molecule has 0 aromatic rings. The third kappa shape index (κ3) is 4.71. The van der Waals surface area contributed by atoms with Crippen LogP contribution in [-0.2, 0) is 23.7 Å². The topological polar surface area (TPSA) is 54.0 Å². The van der Waals surface area contributed by atoms with Crippen LogP contribution in [0.3, 0.4) is 0 Å². The highest BCUT2D eigenvalue weighted by Crippen LogP contribution is 2.33. The Bertz CT molecular complexity index is 430. The van der Waals surface area contributed by atoms with Gasteiger partial charge in [-0.05, 0) is 26.3 Å². The maximum absolute atomic E-state index is 11.2. The van der Waals surface area contributed by atoms with Gasteiger partial charge >= 0.3 is 5.97 Å². The summed E-state index contributed by atoms with van der Waals surface area (Å²) in [5.74, 6) is 0.0188. The summed E-state index contributed by atoms with van der Waals surface area (Å²) < 4.78 is 22.5. The van der Waals surface area contributed by atoms with Crippen molar-refractivity contribution in [3.8, 4) is 0 Å². The summed E-state index contributed by atoms with van der Waals surface area (Å²) in [6, 6.07) is 0. The third-order valence-corrected chi connectivity index (χ3v) is 3.71. The molecule has 0 atom stereocenters. The Hall–Kier alpha value is -1.59. The summed E-state index contributed by atoms with van der Waals surface area (Å²) in [6.45, 7) is 17.6. The van der Waals surface area contributed by atoms with Crippen LogP contribution in [0.4, 0.5) is 0 Å². The summed E-state index contributed by atoms with van der Waals surface area (Å²) in [5.41, 5.74) is -1.04. The quantitative estimate of drug-likeness (QED) is 0.298. The van der Waals surface area contributed by atoms with Gasteiger partial charge in [0, 0.05) is 6.08 Å². The van der Waals surface area contributed by atoms with Crippen LogP contribution >= 0.6 is 0 Å². The molecule has 0 N–H and O–H groups in total. The van der Waals surface area contributed by atoms with Crippen LogP contribution in [0.1, 0.15) is 27.2 Å². The predicted octanol–water partition coefficient (Wildman–Crippen LogP) is 2.98. The molecule has 0 bridgehead atoms. The van der Waals surface area contributed by atoms with Crippen LogP contribution in [0.5, 0.6) is 0 Å². The zero-order chi connectivity index (χ0) is 16.8. The van der Waals surface area contributed by atoms with Crippen molar-refractivity contribution >= 4 is 5.97 Å². The smallest absolute Gasteiger partial charge is 0.330 e. The third-order valence-electron chi connectivity index (χ3n) is 3.71. The number of hydrogen-bond donors (Lipinski definition) is 0. The van der Waals surface area contributed by atoms with Crippen molar-refractivity contribution in [3.63, 3.8) is 0 Å². The lowest BCUT2D eigenvalue weighted by atomic mass is 9.87. The Morgan fingerprint density at radius 3 is 2.36 bits per heavy atom. The van der Waals surface area contributed by atoms with Gasteiger partial charge in [0.05, 0.1) is 18.6 Å². The van der Waals surface area contributed by atoms with Crippen LogP contribution in [0.15, 0.2) is 37.6 Å². The first kappa shape index (κ1) is 18.5. The molecule has 0 saturated carbocycles. The van der Waals surface area contributed by atoms with E-state index in [1.807, 2.05) is 20.8 Å². The van der Waals surface area contributed by atoms with E-state index in [2.05, 4.69) is 19.7 Å². The lowest BCUT2D eigenvalue weighted by molar-refractivity contribution is -0.292.